The number of hydrogen-bond acceptors (Lipinski definition) is 10. The fourth-order valence-corrected chi connectivity index (χ4v) is 4.73. The fraction of sp³-hybridized carbons (Fsp3) is 0.500. The average Bonchev–Trinajstić information content (AvgIpc) is 3.08. The Hall–Kier alpha value is -2.80. The van der Waals surface area contributed by atoms with Crippen LogP contribution in [0.1, 0.15) is 39.3 Å². The Kier molecular flexibility index (Phi) is 6.89. The maximum Gasteiger partial charge on any atom is 0.459 e. The Balaban J connectivity index is 1.93. The summed E-state index contributed by atoms with van der Waals surface area (Å²) in [4.78, 5) is 38.2. The molecule has 2 heterocycles. The number of carbonyl (C=O) groups excluding carboxylic acids is 1. The van der Waals surface area contributed by atoms with Gasteiger partial charge in [-0.05, 0) is 39.8 Å². The minimum atomic E-state index is -4.49. The second kappa shape index (κ2) is 11.1. The molecule has 0 unspecified atom stereocenters. The molecule has 1 aliphatic heterocycles. The fourth-order valence-electron chi connectivity index (χ4n) is 3.23. The van der Waals surface area contributed by atoms with E-state index in [0.717, 1.165) is 0 Å². The zero-order chi connectivity index (χ0) is 30.0. The largest absolute Gasteiger partial charge is 0.462 e. The number of nitrogens with one attached hydrogen (secondary N) is 2. The van der Waals surface area contributed by atoms with Crippen molar-refractivity contribution in [2.75, 3.05) is 6.61 Å². The van der Waals surface area contributed by atoms with Crippen molar-refractivity contribution in [3.8, 4) is 5.75 Å². The average molecular weight is 531 g/mol. The number of aromatic amines is 1. The van der Waals surface area contributed by atoms with E-state index in [-0.39, 0.29) is 5.75 Å². The van der Waals surface area contributed by atoms with Crippen LogP contribution in [-0.4, -0.2) is 62.3 Å². The van der Waals surface area contributed by atoms with Gasteiger partial charge in [0.15, 0.2) is 6.23 Å². The smallest absolute Gasteiger partial charge is 0.459 e. The molecule has 4 N–H and O–H groups in total. The number of carbonyl (C=O) groups is 1. The van der Waals surface area contributed by atoms with E-state index in [1.54, 1.807) is 32.0 Å². The first-order valence-electron chi connectivity index (χ1n) is 12.8. The number of H-pyrrole nitrogens is 1. The van der Waals surface area contributed by atoms with Crippen LogP contribution in [0, 0.1) is 0 Å². The van der Waals surface area contributed by atoms with E-state index in [9.17, 15) is 29.2 Å². The molecule has 1 fully saturated rings. The summed E-state index contributed by atoms with van der Waals surface area (Å²) in [6.45, 7) is 0.282. The zero-order valence-corrected chi connectivity index (χ0v) is 20.5. The van der Waals surface area contributed by atoms with Gasteiger partial charge in [0.1, 0.15) is 29.6 Å². The summed E-state index contributed by atoms with van der Waals surface area (Å²) in [6.07, 6.45) is -7.52. The van der Waals surface area contributed by atoms with Gasteiger partial charge in [-0.3, -0.25) is 23.7 Å². The molecule has 6 atom stereocenters. The molecular weight excluding hydrogens is 497 g/mol. The lowest BCUT2D eigenvalue weighted by Gasteiger charge is -2.27. The van der Waals surface area contributed by atoms with Crippen molar-refractivity contribution < 1.29 is 43.6 Å². The minimum absolute atomic E-state index is 0.0613. The van der Waals surface area contributed by atoms with Crippen molar-refractivity contribution in [2.24, 2.45) is 0 Å². The third-order valence-electron chi connectivity index (χ3n) is 4.94. The lowest BCUT2D eigenvalue weighted by molar-refractivity contribution is -0.149. The van der Waals surface area contributed by atoms with E-state index >= 15 is 0 Å². The highest BCUT2D eigenvalue weighted by atomic mass is 31.2. The van der Waals surface area contributed by atoms with Crippen LogP contribution in [0.25, 0.3) is 0 Å². The summed E-state index contributed by atoms with van der Waals surface area (Å²) in [5.41, 5.74) is -5.42. The van der Waals surface area contributed by atoms with Crippen LogP contribution in [0.15, 0.2) is 52.2 Å². The quantitative estimate of drug-likeness (QED) is 0.250. The van der Waals surface area contributed by atoms with Crippen molar-refractivity contribution in [1.82, 2.24) is 14.6 Å². The molecule has 1 aromatic carbocycles. The van der Waals surface area contributed by atoms with Gasteiger partial charge < -0.3 is 24.2 Å². The number of para-hydroxylation sites is 1. The van der Waals surface area contributed by atoms with Gasteiger partial charge in [0.05, 0.1) is 14.1 Å². The highest BCUT2D eigenvalue weighted by Gasteiger charge is 2.54. The number of aromatic nitrogens is 2. The van der Waals surface area contributed by atoms with Crippen molar-refractivity contribution in [2.45, 2.75) is 63.8 Å². The normalized spacial score (nSPS) is 28.3. The highest BCUT2D eigenvalue weighted by Crippen LogP contribution is 2.46. The number of rotatable bonds is 10. The molecule has 0 spiro atoms. The van der Waals surface area contributed by atoms with Crippen LogP contribution in [0.5, 0.6) is 5.75 Å². The number of nitrogens with zero attached hydrogens (tertiary/aromatic N) is 1. The minimum Gasteiger partial charge on any atom is -0.462 e. The molecular formula is C22H30N3O10P. The van der Waals surface area contributed by atoms with Crippen molar-refractivity contribution >= 4 is 13.7 Å². The molecule has 3 rings (SSSR count). The molecule has 0 aliphatic carbocycles. The maximum atomic E-state index is 13.7. The molecule has 1 saturated heterocycles. The molecule has 0 amide bonds. The Labute approximate surface area is 212 Å². The molecule has 1 aliphatic rings. The molecule has 0 bridgehead atoms. The first kappa shape index (κ1) is 22.4. The predicted octanol–water partition coefficient (Wildman–Crippen LogP) is 0.679. The van der Waals surface area contributed by atoms with Gasteiger partial charge in [-0.2, -0.15) is 5.09 Å². The molecule has 2 aromatic rings. The van der Waals surface area contributed by atoms with E-state index in [2.05, 4.69) is 5.09 Å². The van der Waals surface area contributed by atoms with E-state index in [1.165, 1.54) is 19.1 Å². The van der Waals surface area contributed by atoms with Crippen LogP contribution >= 0.6 is 7.75 Å². The Morgan fingerprint density at radius 1 is 1.33 bits per heavy atom. The Morgan fingerprint density at radius 3 is 2.64 bits per heavy atom. The highest BCUT2D eigenvalue weighted by molar-refractivity contribution is 7.52. The van der Waals surface area contributed by atoms with E-state index in [0.29, 0.717) is 10.6 Å². The number of benzene rings is 1. The van der Waals surface area contributed by atoms with Crippen molar-refractivity contribution in [1.29, 1.82) is 0 Å². The Morgan fingerprint density at radius 2 is 2.03 bits per heavy atom. The van der Waals surface area contributed by atoms with Gasteiger partial charge in [-0.15, -0.1) is 0 Å². The standard InChI is InChI=1S/C22H30N3O10P/c1-13(2)33-19(28)14(3)24-36(31,35-15-8-6-5-7-9-15)32-12-16-18(27)22(4,30)20(34-16)25-11-10-17(26)23-21(25)29/h5-11,13-14,16,18,20,27,30H,12H2,1-4H3,(H,24,31)(H,23,26,29)/t14-,16+,18+,20+,22+,36-/m0/s1/i4D3,11D. The first-order chi connectivity index (χ1) is 18.5. The molecule has 14 heteroatoms. The second-order valence-corrected chi connectivity index (χ2v) is 9.96. The predicted molar refractivity (Wildman–Crippen MR) is 126 cm³/mol. The van der Waals surface area contributed by atoms with Gasteiger partial charge in [0, 0.05) is 16.4 Å². The number of aliphatic hydroxyl groups is 2. The van der Waals surface area contributed by atoms with Gasteiger partial charge in [0.25, 0.3) is 5.56 Å². The van der Waals surface area contributed by atoms with Crippen LogP contribution in [0.3, 0.4) is 0 Å². The van der Waals surface area contributed by atoms with E-state index < -0.39 is 80.8 Å². The van der Waals surface area contributed by atoms with Crippen LogP contribution in [0.2, 0.25) is 0 Å². The zero-order valence-electron chi connectivity index (χ0n) is 23.6. The first-order valence-corrected chi connectivity index (χ1v) is 12.4. The second-order valence-electron chi connectivity index (χ2n) is 8.27. The summed E-state index contributed by atoms with van der Waals surface area (Å²) in [5.74, 6) is -0.726. The summed E-state index contributed by atoms with van der Waals surface area (Å²) in [5, 5.41) is 24.4. The number of aliphatic hydroxyl groups excluding tert-OH is 1. The van der Waals surface area contributed by atoms with Crippen LogP contribution in [-0.2, 0) is 23.4 Å². The molecule has 198 valence electrons. The summed E-state index contributed by atoms with van der Waals surface area (Å²) < 4.78 is 67.0. The summed E-state index contributed by atoms with van der Waals surface area (Å²) >= 11 is 0. The van der Waals surface area contributed by atoms with Gasteiger partial charge in [-0.1, -0.05) is 18.2 Å². The maximum absolute atomic E-state index is 13.7. The molecule has 13 nitrogen and oxygen atoms in total. The molecule has 1 aromatic heterocycles. The topological polar surface area (TPSA) is 178 Å². The van der Waals surface area contributed by atoms with Crippen LogP contribution in [0.4, 0.5) is 0 Å². The molecule has 0 radical (unpaired) electrons. The molecule has 0 saturated carbocycles. The Bertz CT molecular complexity index is 1370. The van der Waals surface area contributed by atoms with Crippen LogP contribution < -0.4 is 20.9 Å². The van der Waals surface area contributed by atoms with Gasteiger partial charge in [-0.25, -0.2) is 9.36 Å². The lowest BCUT2D eigenvalue weighted by atomic mass is 9.96. The number of ether oxygens (including phenoxy) is 2. The van der Waals surface area contributed by atoms with E-state index in [4.69, 9.17) is 24.0 Å². The summed E-state index contributed by atoms with van der Waals surface area (Å²) in [6, 6.07) is 7.11. The SMILES string of the molecule is [2H]c1cc(=O)[nH]c(=O)n1[C@@H]1O[C@H](CO[P@@](=O)(N[C@@H](C)C(=O)OC(C)C)Oc2ccccc2)[C@@H](O)[C@]1(O)C([2H])([2H])[2H]. The third-order valence-corrected chi connectivity index (χ3v) is 6.58. The number of hydrogen-bond donors (Lipinski definition) is 4. The van der Waals surface area contributed by atoms with Crippen molar-refractivity contribution in [3.63, 3.8) is 0 Å². The number of esters is 1. The van der Waals surface area contributed by atoms with Gasteiger partial charge in [0.2, 0.25) is 0 Å². The molecule has 36 heavy (non-hydrogen) atoms. The van der Waals surface area contributed by atoms with E-state index in [1.807, 2.05) is 4.98 Å². The summed E-state index contributed by atoms with van der Waals surface area (Å²) in [7, 11) is -4.49. The monoisotopic (exact) mass is 531 g/mol. The third kappa shape index (κ3) is 6.49. The van der Waals surface area contributed by atoms with Gasteiger partial charge >= 0.3 is 19.4 Å². The van der Waals surface area contributed by atoms with Crippen molar-refractivity contribution in [3.05, 3.63) is 63.4 Å². The lowest BCUT2D eigenvalue weighted by Crippen LogP contribution is -2.47.